The van der Waals surface area contributed by atoms with Crippen molar-refractivity contribution in [3.8, 4) is 17.1 Å². The summed E-state index contributed by atoms with van der Waals surface area (Å²) in [6.07, 6.45) is 2.61. The van der Waals surface area contributed by atoms with Crippen LogP contribution in [0.4, 0.5) is 10.1 Å². The van der Waals surface area contributed by atoms with E-state index in [1.165, 1.54) is 49.6 Å². The van der Waals surface area contributed by atoms with E-state index in [4.69, 9.17) is 37.5 Å². The number of ether oxygens (including phenoxy) is 1. The maximum Gasteiger partial charge on any atom is 0.335 e. The molecule has 0 atom stereocenters. The summed E-state index contributed by atoms with van der Waals surface area (Å²) in [5.74, 6) is -1.35. The van der Waals surface area contributed by atoms with E-state index in [9.17, 15) is 14.0 Å². The average molecular weight is 450 g/mol. The second-order valence-corrected chi connectivity index (χ2v) is 6.81. The first-order chi connectivity index (χ1) is 14.3. The summed E-state index contributed by atoms with van der Waals surface area (Å²) < 4.78 is 24.0. The molecule has 0 fully saturated rings. The molecule has 2 aromatic carbocycles. The number of hydrogen-bond acceptors (Lipinski definition) is 4. The average Bonchev–Trinajstić information content (AvgIpc) is 3.17. The predicted octanol–water partition coefficient (Wildman–Crippen LogP) is 5.75. The number of carbonyl (C=O) groups excluding carboxylic acids is 1. The van der Waals surface area contributed by atoms with E-state index in [1.807, 2.05) is 0 Å². The fraction of sp³-hybridized carbons (Fsp3) is 0.0476. The van der Waals surface area contributed by atoms with Crippen LogP contribution in [-0.4, -0.2) is 24.1 Å². The monoisotopic (exact) mass is 449 g/mol. The second kappa shape index (κ2) is 9.02. The number of carboxylic acid groups (broad SMARTS) is 1. The molecule has 0 saturated heterocycles. The van der Waals surface area contributed by atoms with Gasteiger partial charge in [0.15, 0.2) is 5.75 Å². The quantitative estimate of drug-likeness (QED) is 0.467. The van der Waals surface area contributed by atoms with Crippen molar-refractivity contribution in [1.82, 2.24) is 0 Å². The maximum absolute atomic E-state index is 13.3. The van der Waals surface area contributed by atoms with Gasteiger partial charge in [0.05, 0.1) is 28.4 Å². The van der Waals surface area contributed by atoms with Crippen molar-refractivity contribution in [1.29, 1.82) is 0 Å². The van der Waals surface area contributed by atoms with Gasteiger partial charge < -0.3 is 19.6 Å². The van der Waals surface area contributed by atoms with Crippen LogP contribution in [0.25, 0.3) is 17.4 Å². The number of halogens is 3. The van der Waals surface area contributed by atoms with Gasteiger partial charge in [0, 0.05) is 11.6 Å². The molecule has 0 saturated carbocycles. The van der Waals surface area contributed by atoms with Gasteiger partial charge in [0.25, 0.3) is 0 Å². The van der Waals surface area contributed by atoms with Gasteiger partial charge in [-0.25, -0.2) is 9.18 Å². The normalized spacial score (nSPS) is 10.9. The highest BCUT2D eigenvalue weighted by atomic mass is 35.5. The summed E-state index contributed by atoms with van der Waals surface area (Å²) in [7, 11) is 1.35. The summed E-state index contributed by atoms with van der Waals surface area (Å²) in [5.41, 5.74) is 0.585. The molecule has 1 amide bonds. The van der Waals surface area contributed by atoms with Crippen molar-refractivity contribution in [2.45, 2.75) is 0 Å². The van der Waals surface area contributed by atoms with E-state index in [-0.39, 0.29) is 27.0 Å². The Balaban J connectivity index is 1.76. The number of carbonyl (C=O) groups is 2. The van der Waals surface area contributed by atoms with Crippen LogP contribution >= 0.6 is 23.2 Å². The molecule has 0 unspecified atom stereocenters. The fourth-order valence-electron chi connectivity index (χ4n) is 2.60. The molecule has 0 bridgehead atoms. The molecule has 0 aliphatic heterocycles. The van der Waals surface area contributed by atoms with Crippen LogP contribution in [0, 0.1) is 5.82 Å². The highest BCUT2D eigenvalue weighted by Gasteiger charge is 2.15. The van der Waals surface area contributed by atoms with Gasteiger partial charge in [0.1, 0.15) is 17.3 Å². The van der Waals surface area contributed by atoms with Gasteiger partial charge in [-0.05, 0) is 48.5 Å². The summed E-state index contributed by atoms with van der Waals surface area (Å²) in [4.78, 5) is 23.5. The van der Waals surface area contributed by atoms with Gasteiger partial charge >= 0.3 is 5.97 Å². The molecule has 0 aliphatic rings. The first-order valence-corrected chi connectivity index (χ1v) is 9.19. The standard InChI is InChI=1S/C21H14Cl2FNO5/c1-29-20-15(23)9-12(21(27)28)10-17(20)25-19(26)7-4-13-3-6-18(30-13)11-2-5-16(24)14(22)8-11/h2-10H,1H3,(H,25,26)(H,27,28)/b7-4+. The van der Waals surface area contributed by atoms with Crippen LogP contribution in [0.1, 0.15) is 16.1 Å². The van der Waals surface area contributed by atoms with E-state index in [0.717, 1.165) is 0 Å². The van der Waals surface area contributed by atoms with Crippen molar-refractivity contribution in [3.05, 3.63) is 75.7 Å². The third kappa shape index (κ3) is 4.82. The molecule has 0 aliphatic carbocycles. The number of aromatic carboxylic acids is 1. The Hall–Kier alpha value is -3.29. The Bertz CT molecular complexity index is 1160. The molecule has 9 heteroatoms. The number of methoxy groups -OCH3 is 1. The van der Waals surface area contributed by atoms with E-state index < -0.39 is 17.7 Å². The minimum atomic E-state index is -1.20. The first kappa shape index (κ1) is 21.4. The lowest BCUT2D eigenvalue weighted by Crippen LogP contribution is -2.10. The zero-order chi connectivity index (χ0) is 21.8. The molecule has 2 N–H and O–H groups in total. The minimum absolute atomic E-state index is 0.0310. The van der Waals surface area contributed by atoms with Gasteiger partial charge in [-0.3, -0.25) is 4.79 Å². The molecule has 3 aromatic rings. The van der Waals surface area contributed by atoms with E-state index >= 15 is 0 Å². The lowest BCUT2D eigenvalue weighted by molar-refractivity contribution is -0.111. The zero-order valence-electron chi connectivity index (χ0n) is 15.4. The lowest BCUT2D eigenvalue weighted by atomic mass is 10.2. The van der Waals surface area contributed by atoms with Crippen molar-refractivity contribution < 1.29 is 28.2 Å². The molecule has 1 heterocycles. The number of anilines is 1. The SMILES string of the molecule is COc1c(Cl)cc(C(=O)O)cc1NC(=O)/C=C/c1ccc(-c2ccc(F)c(Cl)c2)o1. The Kier molecular flexibility index (Phi) is 6.44. The Morgan fingerprint density at radius 1 is 1.13 bits per heavy atom. The number of carboxylic acids is 1. The summed E-state index contributed by atoms with van der Waals surface area (Å²) in [6.45, 7) is 0. The Morgan fingerprint density at radius 2 is 1.90 bits per heavy atom. The molecule has 3 rings (SSSR count). The molecule has 0 radical (unpaired) electrons. The van der Waals surface area contributed by atoms with Crippen LogP contribution in [0.2, 0.25) is 10.0 Å². The maximum atomic E-state index is 13.3. The van der Waals surface area contributed by atoms with Crippen LogP contribution in [0.3, 0.4) is 0 Å². The van der Waals surface area contributed by atoms with Gasteiger partial charge in [-0.2, -0.15) is 0 Å². The predicted molar refractivity (Wildman–Crippen MR) is 112 cm³/mol. The third-order valence-corrected chi connectivity index (χ3v) is 4.55. The third-order valence-electron chi connectivity index (χ3n) is 3.98. The number of amides is 1. The largest absolute Gasteiger partial charge is 0.493 e. The van der Waals surface area contributed by atoms with Crippen LogP contribution in [0.15, 0.2) is 53.0 Å². The minimum Gasteiger partial charge on any atom is -0.493 e. The van der Waals surface area contributed by atoms with Crippen LogP contribution < -0.4 is 10.1 Å². The number of rotatable bonds is 6. The fourth-order valence-corrected chi connectivity index (χ4v) is 3.07. The molecule has 154 valence electrons. The number of nitrogens with one attached hydrogen (secondary N) is 1. The molecule has 0 spiro atoms. The second-order valence-electron chi connectivity index (χ2n) is 6.00. The Morgan fingerprint density at radius 3 is 2.57 bits per heavy atom. The van der Waals surface area contributed by atoms with Crippen LogP contribution in [-0.2, 0) is 4.79 Å². The highest BCUT2D eigenvalue weighted by molar-refractivity contribution is 6.33. The topological polar surface area (TPSA) is 88.8 Å². The zero-order valence-corrected chi connectivity index (χ0v) is 16.9. The van der Waals surface area contributed by atoms with E-state index in [0.29, 0.717) is 17.1 Å². The van der Waals surface area contributed by atoms with Gasteiger partial charge in [-0.15, -0.1) is 0 Å². The van der Waals surface area contributed by atoms with Crippen LogP contribution in [0.5, 0.6) is 5.75 Å². The van der Waals surface area contributed by atoms with Gasteiger partial charge in [0.2, 0.25) is 5.91 Å². The summed E-state index contributed by atoms with van der Waals surface area (Å²) in [6, 6.07) is 9.92. The van der Waals surface area contributed by atoms with E-state index in [2.05, 4.69) is 5.32 Å². The smallest absolute Gasteiger partial charge is 0.335 e. The number of furan rings is 1. The summed E-state index contributed by atoms with van der Waals surface area (Å²) in [5, 5.41) is 11.7. The number of hydrogen-bond donors (Lipinski definition) is 2. The highest BCUT2D eigenvalue weighted by Crippen LogP contribution is 2.34. The Labute approximate surface area is 180 Å². The lowest BCUT2D eigenvalue weighted by Gasteiger charge is -2.11. The summed E-state index contributed by atoms with van der Waals surface area (Å²) >= 11 is 11.8. The molecular weight excluding hydrogens is 436 g/mol. The van der Waals surface area contributed by atoms with Crippen molar-refractivity contribution in [2.75, 3.05) is 12.4 Å². The first-order valence-electron chi connectivity index (χ1n) is 8.43. The molecular formula is C21H14Cl2FNO5. The molecule has 1 aromatic heterocycles. The van der Waals surface area contributed by atoms with Crippen molar-refractivity contribution >= 4 is 46.8 Å². The molecule has 30 heavy (non-hydrogen) atoms. The van der Waals surface area contributed by atoms with E-state index in [1.54, 1.807) is 12.1 Å². The number of benzene rings is 2. The van der Waals surface area contributed by atoms with Crippen molar-refractivity contribution in [3.63, 3.8) is 0 Å². The van der Waals surface area contributed by atoms with Gasteiger partial charge in [-0.1, -0.05) is 23.2 Å². The molecule has 6 nitrogen and oxygen atoms in total. The van der Waals surface area contributed by atoms with Crippen molar-refractivity contribution in [2.24, 2.45) is 0 Å².